The van der Waals surface area contributed by atoms with Crippen molar-refractivity contribution in [3.05, 3.63) is 60.2 Å². The van der Waals surface area contributed by atoms with Gasteiger partial charge >= 0.3 is 0 Å². The fourth-order valence-electron chi connectivity index (χ4n) is 1.55. The van der Waals surface area contributed by atoms with Gasteiger partial charge in [0.2, 0.25) is 0 Å². The second kappa shape index (κ2) is 5.43. The van der Waals surface area contributed by atoms with E-state index in [0.717, 1.165) is 6.42 Å². The molecule has 0 heteroatoms. The zero-order valence-electron chi connectivity index (χ0n) is 9.03. The molecule has 0 nitrogen and oxygen atoms in total. The van der Waals surface area contributed by atoms with Crippen molar-refractivity contribution < 1.29 is 0 Å². The first-order valence-corrected chi connectivity index (χ1v) is 5.08. The summed E-state index contributed by atoms with van der Waals surface area (Å²) in [6.07, 6.45) is 7.32. The first-order valence-electron chi connectivity index (χ1n) is 5.08. The predicted molar refractivity (Wildman–Crippen MR) is 63.5 cm³/mol. The van der Waals surface area contributed by atoms with Gasteiger partial charge in [0.05, 0.1) is 0 Å². The number of aryl methyl sites for hydroxylation is 1. The van der Waals surface area contributed by atoms with Crippen molar-refractivity contribution in [1.82, 2.24) is 0 Å². The average Bonchev–Trinajstić information content (AvgIpc) is 2.19. The molecule has 0 spiro atoms. The van der Waals surface area contributed by atoms with E-state index in [1.807, 2.05) is 6.08 Å². The predicted octanol–water partition coefficient (Wildman–Crippen LogP) is 4.23. The number of rotatable bonds is 4. The van der Waals surface area contributed by atoms with Crippen LogP contribution in [0.2, 0.25) is 0 Å². The number of allylic oxidation sites excluding steroid dienone is 3. The molecule has 0 radical (unpaired) electrons. The lowest BCUT2D eigenvalue weighted by Crippen LogP contribution is -1.93. The Labute approximate surface area is 87.0 Å². The largest absolute Gasteiger partial charge is 0.103 e. The summed E-state index contributed by atoms with van der Waals surface area (Å²) < 4.78 is 0. The molecule has 74 valence electrons. The van der Waals surface area contributed by atoms with Gasteiger partial charge in [0.1, 0.15) is 0 Å². The minimum Gasteiger partial charge on any atom is -0.103 e. The Morgan fingerprint density at radius 3 is 2.43 bits per heavy atom. The van der Waals surface area contributed by atoms with Crippen LogP contribution < -0.4 is 0 Å². The molecule has 0 bridgehead atoms. The van der Waals surface area contributed by atoms with Crippen LogP contribution >= 0.6 is 0 Å². The van der Waals surface area contributed by atoms with Crippen molar-refractivity contribution >= 4 is 0 Å². The SMILES string of the molecule is C=CCC(/C=C/C)c1ccc(C)cc1. The minimum atomic E-state index is 0.484. The molecule has 0 fully saturated rings. The zero-order chi connectivity index (χ0) is 10.4. The lowest BCUT2D eigenvalue weighted by atomic mass is 9.94. The molecule has 0 heterocycles. The van der Waals surface area contributed by atoms with Gasteiger partial charge in [0.25, 0.3) is 0 Å². The van der Waals surface area contributed by atoms with Crippen LogP contribution in [0.5, 0.6) is 0 Å². The van der Waals surface area contributed by atoms with Crippen LogP contribution in [0.4, 0.5) is 0 Å². The highest BCUT2D eigenvalue weighted by atomic mass is 14.1. The molecule has 0 amide bonds. The molecular weight excluding hydrogens is 168 g/mol. The van der Waals surface area contributed by atoms with Gasteiger partial charge in [-0.25, -0.2) is 0 Å². The normalized spacial score (nSPS) is 13.0. The summed E-state index contributed by atoms with van der Waals surface area (Å²) in [6, 6.07) is 8.72. The van der Waals surface area contributed by atoms with E-state index in [9.17, 15) is 0 Å². The molecule has 0 aromatic heterocycles. The Bertz CT molecular complexity index is 303. The van der Waals surface area contributed by atoms with E-state index in [-0.39, 0.29) is 0 Å². The minimum absolute atomic E-state index is 0.484. The molecule has 1 aromatic carbocycles. The Balaban J connectivity index is 2.87. The summed E-state index contributed by atoms with van der Waals surface area (Å²) in [5.41, 5.74) is 2.68. The van der Waals surface area contributed by atoms with E-state index >= 15 is 0 Å². The molecule has 0 aliphatic rings. The van der Waals surface area contributed by atoms with Crippen LogP contribution in [0, 0.1) is 6.92 Å². The van der Waals surface area contributed by atoms with E-state index in [0.29, 0.717) is 5.92 Å². The molecular formula is C14H18. The van der Waals surface area contributed by atoms with E-state index < -0.39 is 0 Å². The lowest BCUT2D eigenvalue weighted by molar-refractivity contribution is 0.863. The topological polar surface area (TPSA) is 0 Å². The van der Waals surface area contributed by atoms with Crippen LogP contribution in [0.25, 0.3) is 0 Å². The average molecular weight is 186 g/mol. The second-order valence-electron chi connectivity index (χ2n) is 3.57. The Morgan fingerprint density at radius 2 is 1.93 bits per heavy atom. The van der Waals surface area contributed by atoms with Crippen LogP contribution in [0.3, 0.4) is 0 Å². The molecule has 1 unspecified atom stereocenters. The fraction of sp³-hybridized carbons (Fsp3) is 0.286. The highest BCUT2D eigenvalue weighted by Crippen LogP contribution is 2.21. The summed E-state index contributed by atoms with van der Waals surface area (Å²) >= 11 is 0. The van der Waals surface area contributed by atoms with E-state index in [1.54, 1.807) is 0 Å². The maximum Gasteiger partial charge on any atom is 0.00522 e. The van der Waals surface area contributed by atoms with Crippen molar-refractivity contribution in [2.24, 2.45) is 0 Å². The molecule has 1 atom stereocenters. The van der Waals surface area contributed by atoms with E-state index in [4.69, 9.17) is 0 Å². The molecule has 0 aliphatic carbocycles. The van der Waals surface area contributed by atoms with Gasteiger partial charge in [0, 0.05) is 5.92 Å². The maximum absolute atomic E-state index is 3.79. The van der Waals surface area contributed by atoms with Gasteiger partial charge in [-0.15, -0.1) is 6.58 Å². The fourth-order valence-corrected chi connectivity index (χ4v) is 1.55. The Kier molecular flexibility index (Phi) is 4.18. The first kappa shape index (κ1) is 10.8. The van der Waals surface area contributed by atoms with Crippen molar-refractivity contribution in [3.8, 4) is 0 Å². The monoisotopic (exact) mass is 186 g/mol. The van der Waals surface area contributed by atoms with Crippen molar-refractivity contribution in [2.75, 3.05) is 0 Å². The van der Waals surface area contributed by atoms with Gasteiger partial charge in [-0.1, -0.05) is 48.1 Å². The van der Waals surface area contributed by atoms with Gasteiger partial charge < -0.3 is 0 Å². The molecule has 0 saturated heterocycles. The van der Waals surface area contributed by atoms with Gasteiger partial charge in [-0.3, -0.25) is 0 Å². The second-order valence-corrected chi connectivity index (χ2v) is 3.57. The molecule has 14 heavy (non-hydrogen) atoms. The smallest absolute Gasteiger partial charge is 0.00522 e. The molecule has 0 aliphatic heterocycles. The third-order valence-electron chi connectivity index (χ3n) is 2.35. The van der Waals surface area contributed by atoms with Gasteiger partial charge in [-0.2, -0.15) is 0 Å². The molecule has 1 aromatic rings. The molecule has 1 rings (SSSR count). The zero-order valence-corrected chi connectivity index (χ0v) is 9.03. The van der Waals surface area contributed by atoms with E-state index in [1.165, 1.54) is 11.1 Å². The third-order valence-corrected chi connectivity index (χ3v) is 2.35. The highest BCUT2D eigenvalue weighted by molar-refractivity contribution is 5.27. The standard InChI is InChI=1S/C14H18/c1-4-6-13(7-5-2)14-10-8-12(3)9-11-14/h4-5,7-11,13H,1,6H2,2-3H3/b7-5+. The first-order chi connectivity index (χ1) is 6.77. The lowest BCUT2D eigenvalue weighted by Gasteiger charge is -2.10. The van der Waals surface area contributed by atoms with E-state index in [2.05, 4.69) is 56.8 Å². The van der Waals surface area contributed by atoms with Crippen LogP contribution in [0.1, 0.15) is 30.4 Å². The van der Waals surface area contributed by atoms with Gasteiger partial charge in [-0.05, 0) is 25.8 Å². The summed E-state index contributed by atoms with van der Waals surface area (Å²) in [4.78, 5) is 0. The Morgan fingerprint density at radius 1 is 1.29 bits per heavy atom. The molecule has 0 N–H and O–H groups in total. The summed E-state index contributed by atoms with van der Waals surface area (Å²) in [7, 11) is 0. The van der Waals surface area contributed by atoms with Crippen LogP contribution in [-0.4, -0.2) is 0 Å². The number of hydrogen-bond donors (Lipinski definition) is 0. The third kappa shape index (κ3) is 2.88. The maximum atomic E-state index is 3.79. The van der Waals surface area contributed by atoms with Crippen molar-refractivity contribution in [3.63, 3.8) is 0 Å². The highest BCUT2D eigenvalue weighted by Gasteiger charge is 2.04. The summed E-state index contributed by atoms with van der Waals surface area (Å²) in [6.45, 7) is 7.96. The number of hydrogen-bond acceptors (Lipinski definition) is 0. The van der Waals surface area contributed by atoms with Gasteiger partial charge in [0.15, 0.2) is 0 Å². The van der Waals surface area contributed by atoms with Crippen LogP contribution in [0.15, 0.2) is 49.1 Å². The van der Waals surface area contributed by atoms with Crippen LogP contribution in [-0.2, 0) is 0 Å². The Hall–Kier alpha value is -1.30. The number of benzene rings is 1. The van der Waals surface area contributed by atoms with Crippen molar-refractivity contribution in [1.29, 1.82) is 0 Å². The summed E-state index contributed by atoms with van der Waals surface area (Å²) in [5, 5.41) is 0. The summed E-state index contributed by atoms with van der Waals surface area (Å²) in [5.74, 6) is 0.484. The molecule has 0 saturated carbocycles. The van der Waals surface area contributed by atoms with Crippen molar-refractivity contribution in [2.45, 2.75) is 26.2 Å². The quantitative estimate of drug-likeness (QED) is 0.617.